The van der Waals surface area contributed by atoms with E-state index >= 15 is 0 Å². The van der Waals surface area contributed by atoms with E-state index in [0.29, 0.717) is 34.4 Å². The molecular formula is C23H24N2O3S. The molecule has 1 fully saturated rings. The number of carbonyl (C=O) groups excluding carboxylic acids is 1. The van der Waals surface area contributed by atoms with Gasteiger partial charge in [-0.15, -0.1) is 6.58 Å². The molecule has 1 heterocycles. The molecule has 3 rings (SSSR count). The van der Waals surface area contributed by atoms with Gasteiger partial charge in [-0.1, -0.05) is 23.8 Å². The summed E-state index contributed by atoms with van der Waals surface area (Å²) in [7, 11) is 1.72. The first kappa shape index (κ1) is 20.7. The van der Waals surface area contributed by atoms with E-state index in [4.69, 9.17) is 4.74 Å². The van der Waals surface area contributed by atoms with Gasteiger partial charge in [0.2, 0.25) is 0 Å². The second kappa shape index (κ2) is 9.01. The zero-order valence-corrected chi connectivity index (χ0v) is 17.6. The SMILES string of the molecule is C=CCc1cc(/C=C2/SC(=Nc3ccc(C)cc3)N(C)C2=O)cc(OCC)c1O. The molecule has 29 heavy (non-hydrogen) atoms. The molecule has 0 aliphatic carbocycles. The number of ether oxygens (including phenoxy) is 1. The molecule has 0 bridgehead atoms. The van der Waals surface area contributed by atoms with Gasteiger partial charge in [-0.05, 0) is 67.9 Å². The fourth-order valence-electron chi connectivity index (χ4n) is 2.88. The Morgan fingerprint density at radius 3 is 2.66 bits per heavy atom. The van der Waals surface area contributed by atoms with Crippen LogP contribution in [0, 0.1) is 6.92 Å². The van der Waals surface area contributed by atoms with Crippen molar-refractivity contribution in [3.63, 3.8) is 0 Å². The molecule has 5 nitrogen and oxygen atoms in total. The Hall–Kier alpha value is -2.99. The first-order chi connectivity index (χ1) is 13.9. The molecule has 0 saturated carbocycles. The Morgan fingerprint density at radius 1 is 1.28 bits per heavy atom. The molecule has 0 unspecified atom stereocenters. The maximum absolute atomic E-state index is 12.7. The van der Waals surface area contributed by atoms with Crippen LogP contribution >= 0.6 is 11.8 Å². The number of nitrogens with zero attached hydrogens (tertiary/aromatic N) is 2. The Bertz CT molecular complexity index is 994. The van der Waals surface area contributed by atoms with Crippen LogP contribution in [0.25, 0.3) is 6.08 Å². The fourth-order valence-corrected chi connectivity index (χ4v) is 3.87. The van der Waals surface area contributed by atoms with Crippen molar-refractivity contribution in [1.29, 1.82) is 0 Å². The summed E-state index contributed by atoms with van der Waals surface area (Å²) >= 11 is 1.33. The van der Waals surface area contributed by atoms with Gasteiger partial charge in [0.25, 0.3) is 5.91 Å². The Labute approximate surface area is 175 Å². The molecule has 1 saturated heterocycles. The van der Waals surface area contributed by atoms with E-state index in [-0.39, 0.29) is 11.7 Å². The smallest absolute Gasteiger partial charge is 0.266 e. The number of rotatable bonds is 6. The Morgan fingerprint density at radius 2 is 2.00 bits per heavy atom. The number of amidine groups is 1. The third-order valence-electron chi connectivity index (χ3n) is 4.40. The highest BCUT2D eigenvalue weighted by Gasteiger charge is 2.30. The minimum atomic E-state index is -0.114. The molecule has 0 atom stereocenters. The maximum atomic E-state index is 12.7. The predicted molar refractivity (Wildman–Crippen MR) is 120 cm³/mol. The van der Waals surface area contributed by atoms with Gasteiger partial charge in [-0.3, -0.25) is 9.69 Å². The van der Waals surface area contributed by atoms with Gasteiger partial charge in [0.15, 0.2) is 16.7 Å². The molecule has 2 aromatic rings. The number of thioether (sulfide) groups is 1. The number of carbonyl (C=O) groups is 1. The zero-order chi connectivity index (χ0) is 21.0. The van der Waals surface area contributed by atoms with Gasteiger partial charge in [-0.25, -0.2) is 4.99 Å². The Kier molecular flexibility index (Phi) is 6.44. The van der Waals surface area contributed by atoms with Crippen molar-refractivity contribution in [2.75, 3.05) is 13.7 Å². The predicted octanol–water partition coefficient (Wildman–Crippen LogP) is 5.06. The number of aliphatic imine (C=N–C) groups is 1. The van der Waals surface area contributed by atoms with Crippen molar-refractivity contribution in [3.8, 4) is 11.5 Å². The largest absolute Gasteiger partial charge is 0.504 e. The van der Waals surface area contributed by atoms with Crippen LogP contribution in [0.2, 0.25) is 0 Å². The van der Waals surface area contributed by atoms with Crippen LogP contribution in [0.1, 0.15) is 23.6 Å². The molecule has 1 amide bonds. The summed E-state index contributed by atoms with van der Waals surface area (Å²) in [5.41, 5.74) is 3.44. The number of likely N-dealkylation sites (N-methyl/N-ethyl adjacent to an activating group) is 1. The van der Waals surface area contributed by atoms with Gasteiger partial charge in [-0.2, -0.15) is 0 Å². The van der Waals surface area contributed by atoms with Crippen LogP contribution in [0.4, 0.5) is 5.69 Å². The van der Waals surface area contributed by atoms with Gasteiger partial charge in [0.05, 0.1) is 17.2 Å². The normalized spacial score (nSPS) is 16.7. The zero-order valence-electron chi connectivity index (χ0n) is 16.8. The highest BCUT2D eigenvalue weighted by molar-refractivity contribution is 8.18. The first-order valence-corrected chi connectivity index (χ1v) is 10.2. The van der Waals surface area contributed by atoms with E-state index in [0.717, 1.165) is 16.8 Å². The van der Waals surface area contributed by atoms with Gasteiger partial charge >= 0.3 is 0 Å². The monoisotopic (exact) mass is 408 g/mol. The minimum Gasteiger partial charge on any atom is -0.504 e. The van der Waals surface area contributed by atoms with Crippen LogP contribution in [0.3, 0.4) is 0 Å². The third kappa shape index (κ3) is 4.71. The lowest BCUT2D eigenvalue weighted by atomic mass is 10.1. The molecular weight excluding hydrogens is 384 g/mol. The molecule has 6 heteroatoms. The number of hydrogen-bond donors (Lipinski definition) is 1. The summed E-state index contributed by atoms with van der Waals surface area (Å²) in [6.45, 7) is 8.05. The van der Waals surface area contributed by atoms with Crippen LogP contribution in [0.15, 0.2) is 59.0 Å². The fraction of sp³-hybridized carbons (Fsp3) is 0.217. The number of aromatic hydroxyl groups is 1. The second-order valence-electron chi connectivity index (χ2n) is 6.66. The summed E-state index contributed by atoms with van der Waals surface area (Å²) in [6.07, 6.45) is 4.02. The van der Waals surface area contributed by atoms with Crippen molar-refractivity contribution >= 4 is 34.6 Å². The van der Waals surface area contributed by atoms with E-state index in [9.17, 15) is 9.90 Å². The van der Waals surface area contributed by atoms with Gasteiger partial charge < -0.3 is 9.84 Å². The number of benzene rings is 2. The average Bonchev–Trinajstić information content (AvgIpc) is 2.95. The second-order valence-corrected chi connectivity index (χ2v) is 7.67. The lowest BCUT2D eigenvalue weighted by molar-refractivity contribution is -0.121. The summed E-state index contributed by atoms with van der Waals surface area (Å²) in [5.74, 6) is 0.395. The summed E-state index contributed by atoms with van der Waals surface area (Å²) < 4.78 is 5.55. The van der Waals surface area contributed by atoms with E-state index < -0.39 is 0 Å². The standard InChI is InChI=1S/C23H24N2O3S/c1-5-7-17-12-16(13-19(21(17)26)28-6-2)14-20-22(27)25(4)23(29-20)24-18-10-8-15(3)9-11-18/h5,8-14,26H,1,6-7H2,2-4H3/b20-14+,24-23?. The molecule has 0 radical (unpaired) electrons. The number of hydrogen-bond acceptors (Lipinski definition) is 5. The number of aryl methyl sites for hydroxylation is 1. The van der Waals surface area contributed by atoms with Crippen LogP contribution in [0.5, 0.6) is 11.5 Å². The van der Waals surface area contributed by atoms with Gasteiger partial charge in [0, 0.05) is 12.6 Å². The molecule has 0 aromatic heterocycles. The summed E-state index contributed by atoms with van der Waals surface area (Å²) in [5, 5.41) is 11.0. The number of amides is 1. The number of phenolic OH excluding ortho intramolecular Hbond substituents is 1. The van der Waals surface area contributed by atoms with Crippen LogP contribution in [-0.2, 0) is 11.2 Å². The topological polar surface area (TPSA) is 62.1 Å². The summed E-state index contributed by atoms with van der Waals surface area (Å²) in [6, 6.07) is 11.4. The van der Waals surface area contributed by atoms with Crippen LogP contribution < -0.4 is 4.74 Å². The van der Waals surface area contributed by atoms with Crippen LogP contribution in [-0.4, -0.2) is 34.7 Å². The Balaban J connectivity index is 1.94. The highest BCUT2D eigenvalue weighted by Crippen LogP contribution is 2.36. The van der Waals surface area contributed by atoms with E-state index in [1.165, 1.54) is 11.8 Å². The number of allylic oxidation sites excluding steroid dienone is 1. The van der Waals surface area contributed by atoms with Crippen molar-refractivity contribution < 1.29 is 14.6 Å². The number of phenols is 1. The quantitative estimate of drug-likeness (QED) is 0.536. The van der Waals surface area contributed by atoms with Crippen molar-refractivity contribution in [3.05, 3.63) is 70.6 Å². The minimum absolute atomic E-state index is 0.109. The molecule has 2 aromatic carbocycles. The van der Waals surface area contributed by atoms with Crippen molar-refractivity contribution in [2.24, 2.45) is 4.99 Å². The third-order valence-corrected chi connectivity index (χ3v) is 5.46. The lowest BCUT2D eigenvalue weighted by Crippen LogP contribution is -2.23. The molecule has 1 aliphatic rings. The first-order valence-electron chi connectivity index (χ1n) is 9.35. The van der Waals surface area contributed by atoms with E-state index in [2.05, 4.69) is 11.6 Å². The maximum Gasteiger partial charge on any atom is 0.266 e. The molecule has 1 aliphatic heterocycles. The van der Waals surface area contributed by atoms with Crippen molar-refractivity contribution in [1.82, 2.24) is 4.90 Å². The van der Waals surface area contributed by atoms with E-state index in [1.54, 1.807) is 30.2 Å². The highest BCUT2D eigenvalue weighted by atomic mass is 32.2. The summed E-state index contributed by atoms with van der Waals surface area (Å²) in [4.78, 5) is 19.4. The molecule has 0 spiro atoms. The van der Waals surface area contributed by atoms with Crippen molar-refractivity contribution in [2.45, 2.75) is 20.3 Å². The lowest BCUT2D eigenvalue weighted by Gasteiger charge is -2.11. The molecule has 1 N–H and O–H groups in total. The average molecular weight is 409 g/mol. The van der Waals surface area contributed by atoms with Gasteiger partial charge in [0.1, 0.15) is 0 Å². The molecule has 150 valence electrons. The van der Waals surface area contributed by atoms with E-state index in [1.807, 2.05) is 44.2 Å².